The van der Waals surface area contributed by atoms with Crippen LogP contribution in [0.1, 0.15) is 220 Å². The maximum absolute atomic E-state index is 14.8. The molecule has 6 aromatic rings. The first-order chi connectivity index (χ1) is 46.6. The number of methoxy groups -OCH3 is 4. The van der Waals surface area contributed by atoms with E-state index < -0.39 is 35.8 Å². The second-order valence-corrected chi connectivity index (χ2v) is 29.0. The van der Waals surface area contributed by atoms with Crippen molar-refractivity contribution in [1.29, 1.82) is 0 Å². The first kappa shape index (κ1) is 71.8. The number of allylic oxidation sites excluding steroid dienone is 1. The Balaban J connectivity index is 0.989. The molecule has 14 nitrogen and oxygen atoms in total. The van der Waals surface area contributed by atoms with Gasteiger partial charge in [0.2, 0.25) is 0 Å². The van der Waals surface area contributed by atoms with Gasteiger partial charge in [-0.05, 0) is 241 Å². The molecule has 6 aromatic carbocycles. The fourth-order valence-electron chi connectivity index (χ4n) is 16.8. The standard InChI is InChI=1S/C81H92Cl2O14/c1-49(2)12-10-13-50(3)67-34-35-68-64-33-32-62-40-51(36-38-80(62,4)69(64)37-39-81(67,68)5)14-11-15-63(60-41-65(78(88)96-47-54-20-28-58(29-21-54)76(86)92-8)72(70(82)43-60)94-45-52-16-24-56(25-17-52)74(84)90-6)61-42-66(79(89)97-48-55-22-30-59(31-23-55)77(87)93-9)73(71(83)44-61)95-46-53-18-26-57(27-19-53)75(85)91-7/h15-31,41-44,49-51,62,64,67-69H,10-14,32-40,45-48H2,1-9H3. The van der Waals surface area contributed by atoms with Crippen LogP contribution in [0.5, 0.6) is 11.5 Å². The van der Waals surface area contributed by atoms with Crippen LogP contribution in [0.3, 0.4) is 0 Å². The molecule has 0 radical (unpaired) electrons. The number of carbonyl (C=O) groups excluding carboxylic acids is 6. The fraction of sp³-hybridized carbons (Fsp3) is 0.457. The van der Waals surface area contributed by atoms with Crippen molar-refractivity contribution in [3.8, 4) is 11.5 Å². The van der Waals surface area contributed by atoms with E-state index in [-0.39, 0.29) is 59.1 Å². The van der Waals surface area contributed by atoms with E-state index in [9.17, 15) is 28.8 Å². The third kappa shape index (κ3) is 16.6. The molecule has 97 heavy (non-hydrogen) atoms. The summed E-state index contributed by atoms with van der Waals surface area (Å²) in [5.41, 5.74) is 6.23. The molecule has 514 valence electrons. The summed E-state index contributed by atoms with van der Waals surface area (Å²) in [4.78, 5) is 78.9. The normalized spacial score (nSPS) is 21.9. The van der Waals surface area contributed by atoms with E-state index in [1.807, 2.05) is 0 Å². The van der Waals surface area contributed by atoms with Crippen molar-refractivity contribution < 1.29 is 66.7 Å². The summed E-state index contributed by atoms with van der Waals surface area (Å²) >= 11 is 14.8. The van der Waals surface area contributed by atoms with Gasteiger partial charge in [-0.1, -0.05) is 132 Å². The lowest BCUT2D eigenvalue weighted by Crippen LogP contribution is -2.53. The number of benzene rings is 6. The van der Waals surface area contributed by atoms with Crippen molar-refractivity contribution in [1.82, 2.24) is 0 Å². The summed E-state index contributed by atoms with van der Waals surface area (Å²) in [6, 6.07) is 33.2. The zero-order chi connectivity index (χ0) is 69.1. The van der Waals surface area contributed by atoms with Crippen molar-refractivity contribution in [2.45, 2.75) is 151 Å². The van der Waals surface area contributed by atoms with E-state index >= 15 is 0 Å². The van der Waals surface area contributed by atoms with E-state index in [0.29, 0.717) is 90.3 Å². The monoisotopic (exact) mass is 1360 g/mol. The molecule has 0 saturated heterocycles. The average molecular weight is 1360 g/mol. The highest BCUT2D eigenvalue weighted by Crippen LogP contribution is 2.69. The molecule has 10 rings (SSSR count). The number of carbonyl (C=O) groups is 6. The van der Waals surface area contributed by atoms with Gasteiger partial charge in [0.15, 0.2) is 11.5 Å². The third-order valence-corrected chi connectivity index (χ3v) is 22.6. The summed E-state index contributed by atoms with van der Waals surface area (Å²) < 4.78 is 44.6. The predicted octanol–water partition coefficient (Wildman–Crippen LogP) is 19.0. The van der Waals surface area contributed by atoms with E-state index in [4.69, 9.17) is 61.1 Å². The van der Waals surface area contributed by atoms with Crippen LogP contribution in [0.4, 0.5) is 0 Å². The first-order valence-corrected chi connectivity index (χ1v) is 35.1. The predicted molar refractivity (Wildman–Crippen MR) is 374 cm³/mol. The van der Waals surface area contributed by atoms with Gasteiger partial charge in [-0.2, -0.15) is 0 Å². The molecular formula is C81H92Cl2O14. The summed E-state index contributed by atoms with van der Waals surface area (Å²) in [6.07, 6.45) is 19.2. The lowest BCUT2D eigenvalue weighted by molar-refractivity contribution is -0.121. The highest BCUT2D eigenvalue weighted by molar-refractivity contribution is 6.33. The summed E-state index contributed by atoms with van der Waals surface area (Å²) in [6.45, 7) is 12.1. The summed E-state index contributed by atoms with van der Waals surface area (Å²) in [5, 5.41) is 0.168. The molecular weight excluding hydrogens is 1270 g/mol. The molecule has 0 spiro atoms. The molecule has 4 fully saturated rings. The lowest BCUT2D eigenvalue weighted by atomic mass is 9.44. The Hall–Kier alpha value is -7.94. The number of esters is 6. The lowest BCUT2D eigenvalue weighted by Gasteiger charge is -2.61. The minimum absolute atomic E-state index is 0.00218. The van der Waals surface area contributed by atoms with Crippen molar-refractivity contribution >= 4 is 64.6 Å². The van der Waals surface area contributed by atoms with Gasteiger partial charge in [-0.15, -0.1) is 0 Å². The molecule has 0 bridgehead atoms. The number of rotatable bonds is 26. The molecule has 4 aliphatic carbocycles. The Morgan fingerprint density at radius 1 is 0.485 bits per heavy atom. The molecule has 4 saturated carbocycles. The minimum atomic E-state index is -0.761. The topological polar surface area (TPSA) is 176 Å². The van der Waals surface area contributed by atoms with Gasteiger partial charge in [0.05, 0.1) is 60.7 Å². The zero-order valence-corrected chi connectivity index (χ0v) is 59.0. The number of fused-ring (bicyclic) bond motifs is 5. The molecule has 4 aliphatic rings. The quantitative estimate of drug-likeness (QED) is 0.0370. The van der Waals surface area contributed by atoms with Gasteiger partial charge in [-0.25, -0.2) is 28.8 Å². The molecule has 0 aromatic heterocycles. The van der Waals surface area contributed by atoms with Crippen molar-refractivity contribution in [2.24, 2.45) is 58.2 Å². The largest absolute Gasteiger partial charge is 0.486 e. The van der Waals surface area contributed by atoms with E-state index in [2.05, 4.69) is 40.7 Å². The van der Waals surface area contributed by atoms with E-state index in [1.165, 1.54) is 92.6 Å². The van der Waals surface area contributed by atoms with Crippen molar-refractivity contribution in [2.75, 3.05) is 28.4 Å². The fourth-order valence-corrected chi connectivity index (χ4v) is 17.3. The Labute approximate surface area is 581 Å². The second-order valence-electron chi connectivity index (χ2n) is 28.2. The maximum Gasteiger partial charge on any atom is 0.342 e. The Morgan fingerprint density at radius 3 is 1.34 bits per heavy atom. The van der Waals surface area contributed by atoms with Gasteiger partial charge in [0.1, 0.15) is 37.6 Å². The highest BCUT2D eigenvalue weighted by atomic mass is 35.5. The maximum atomic E-state index is 14.8. The Bertz CT molecular complexity index is 3630. The van der Waals surface area contributed by atoms with Gasteiger partial charge < -0.3 is 37.9 Å². The highest BCUT2D eigenvalue weighted by Gasteiger charge is 2.60. The number of ether oxygens (including phenoxy) is 8. The van der Waals surface area contributed by atoms with Crippen molar-refractivity contribution in [3.63, 3.8) is 0 Å². The van der Waals surface area contributed by atoms with Gasteiger partial charge in [-0.3, -0.25) is 0 Å². The van der Waals surface area contributed by atoms with Crippen LogP contribution in [0.2, 0.25) is 10.0 Å². The van der Waals surface area contributed by atoms with Crippen LogP contribution in [-0.2, 0) is 54.8 Å². The third-order valence-electron chi connectivity index (χ3n) is 22.1. The van der Waals surface area contributed by atoms with Gasteiger partial charge in [0.25, 0.3) is 0 Å². The second kappa shape index (κ2) is 32.2. The van der Waals surface area contributed by atoms with Crippen LogP contribution in [0.25, 0.3) is 5.57 Å². The Morgan fingerprint density at radius 2 is 0.907 bits per heavy atom. The minimum Gasteiger partial charge on any atom is -0.486 e. The molecule has 0 amide bonds. The molecule has 9 unspecified atom stereocenters. The smallest absolute Gasteiger partial charge is 0.342 e. The number of halogens is 2. The van der Waals surface area contributed by atoms with E-state index in [0.717, 1.165) is 54.8 Å². The SMILES string of the molecule is COC(=O)c1ccc(COC(=O)c2cc(C(=CCCC3CCC4(C)C(CCC5C4CCC4(C)C(C(C)CCCC(C)C)CCC54)C3)c3cc(Cl)c(OCc4ccc(C(=O)OC)cc4)c(C(=O)OCc4ccc(C(=O)OC)cc4)c3)cc(Cl)c2OCc2ccc(C(=O)OC)cc2)cc1. The number of hydrogen-bond acceptors (Lipinski definition) is 14. The van der Waals surface area contributed by atoms with Crippen molar-refractivity contribution in [3.05, 3.63) is 204 Å². The van der Waals surface area contributed by atoms with E-state index in [1.54, 1.807) is 121 Å². The Kier molecular flexibility index (Phi) is 23.8. The number of hydrogen-bond donors (Lipinski definition) is 0. The van der Waals surface area contributed by atoms with Crippen LogP contribution in [0, 0.1) is 58.2 Å². The van der Waals surface area contributed by atoms with Gasteiger partial charge in [0, 0.05) is 0 Å². The molecule has 9 atom stereocenters. The molecule has 0 N–H and O–H groups in total. The summed E-state index contributed by atoms with van der Waals surface area (Å²) in [7, 11) is 5.22. The average Bonchev–Trinajstić information content (AvgIpc) is 1.69. The molecule has 16 heteroatoms. The van der Waals surface area contributed by atoms with Crippen LogP contribution < -0.4 is 9.47 Å². The zero-order valence-electron chi connectivity index (χ0n) is 57.4. The molecule has 0 aliphatic heterocycles. The first-order valence-electron chi connectivity index (χ1n) is 34.3. The van der Waals surface area contributed by atoms with Crippen LogP contribution >= 0.6 is 23.2 Å². The summed E-state index contributed by atoms with van der Waals surface area (Å²) in [5.74, 6) is 2.37. The van der Waals surface area contributed by atoms with Gasteiger partial charge >= 0.3 is 35.8 Å². The van der Waals surface area contributed by atoms with Crippen LogP contribution in [-0.4, -0.2) is 64.3 Å². The molecule has 0 heterocycles. The van der Waals surface area contributed by atoms with Crippen LogP contribution in [0.15, 0.2) is 127 Å².